The summed E-state index contributed by atoms with van der Waals surface area (Å²) in [6, 6.07) is 28.3. The van der Waals surface area contributed by atoms with Crippen LogP contribution in [0.5, 0.6) is 28.7 Å². The van der Waals surface area contributed by atoms with Gasteiger partial charge in [0, 0.05) is 46.9 Å². The molecule has 0 amide bonds. The Bertz CT molecular complexity index is 2200. The number of benzene rings is 4. The van der Waals surface area contributed by atoms with Crippen molar-refractivity contribution in [2.24, 2.45) is 0 Å². The highest BCUT2D eigenvalue weighted by atomic mass is 16.5. The van der Waals surface area contributed by atoms with Crippen LogP contribution in [0, 0.1) is 13.8 Å². The topological polar surface area (TPSA) is 72.6 Å². The molecule has 7 aromatic rings. The van der Waals surface area contributed by atoms with Gasteiger partial charge in [0.05, 0.1) is 48.8 Å². The minimum atomic E-state index is 0.554. The van der Waals surface area contributed by atoms with Gasteiger partial charge in [0.2, 0.25) is 0 Å². The lowest BCUT2D eigenvalue weighted by molar-refractivity contribution is 0.323. The summed E-state index contributed by atoms with van der Waals surface area (Å²) in [4.78, 5) is 4.67. The Morgan fingerprint density at radius 2 is 1.45 bits per heavy atom. The summed E-state index contributed by atoms with van der Waals surface area (Å²) in [7, 11) is 1.66. The summed E-state index contributed by atoms with van der Waals surface area (Å²) in [5, 5.41) is 6.98. The molecule has 0 aliphatic rings. The molecule has 236 valence electrons. The van der Waals surface area contributed by atoms with Crippen molar-refractivity contribution in [2.45, 2.75) is 27.7 Å². The Labute approximate surface area is 273 Å². The second-order valence-corrected chi connectivity index (χ2v) is 11.3. The maximum absolute atomic E-state index is 6.47. The van der Waals surface area contributed by atoms with E-state index in [2.05, 4.69) is 59.8 Å². The number of nitrogens with zero attached hydrogens (tertiary/aromatic N) is 4. The SMILES string of the molecule is CCOc1c(C)cc(C)c(OCC)c1-c1cnn(-c2cccc(Oc3ccc4c5ccccc5n(-c5cc(OC)ccn5)c4c3)c2)c1. The van der Waals surface area contributed by atoms with Gasteiger partial charge in [-0.25, -0.2) is 9.67 Å². The van der Waals surface area contributed by atoms with Gasteiger partial charge in [0.25, 0.3) is 0 Å². The molecule has 0 saturated heterocycles. The third-order valence-electron chi connectivity index (χ3n) is 8.20. The Morgan fingerprint density at radius 3 is 2.21 bits per heavy atom. The van der Waals surface area contributed by atoms with Gasteiger partial charge in [0.1, 0.15) is 34.6 Å². The van der Waals surface area contributed by atoms with Crippen LogP contribution in [0.4, 0.5) is 0 Å². The lowest BCUT2D eigenvalue weighted by atomic mass is 9.99. The van der Waals surface area contributed by atoms with Crippen LogP contribution in [0.15, 0.2) is 104 Å². The number of rotatable bonds is 10. The molecule has 0 aliphatic heterocycles. The van der Waals surface area contributed by atoms with Gasteiger partial charge in [-0.05, 0) is 81.3 Å². The molecule has 3 heterocycles. The number of methoxy groups -OCH3 is 1. The number of hydrogen-bond donors (Lipinski definition) is 0. The van der Waals surface area contributed by atoms with Crippen molar-refractivity contribution in [1.29, 1.82) is 0 Å². The molecule has 0 aliphatic carbocycles. The van der Waals surface area contributed by atoms with Crippen LogP contribution < -0.4 is 18.9 Å². The highest BCUT2D eigenvalue weighted by molar-refractivity contribution is 6.09. The highest BCUT2D eigenvalue weighted by Crippen LogP contribution is 2.43. The van der Waals surface area contributed by atoms with Gasteiger partial charge in [-0.1, -0.05) is 24.3 Å². The molecule has 8 heteroatoms. The number of fused-ring (bicyclic) bond motifs is 3. The third kappa shape index (κ3) is 5.52. The molecule has 4 aromatic carbocycles. The fourth-order valence-electron chi connectivity index (χ4n) is 6.20. The first-order valence-electron chi connectivity index (χ1n) is 15.8. The summed E-state index contributed by atoms with van der Waals surface area (Å²) in [6.45, 7) is 9.22. The van der Waals surface area contributed by atoms with Gasteiger partial charge in [-0.3, -0.25) is 4.57 Å². The fourth-order valence-corrected chi connectivity index (χ4v) is 6.20. The van der Waals surface area contributed by atoms with Crippen molar-refractivity contribution in [3.8, 4) is 51.4 Å². The second-order valence-electron chi connectivity index (χ2n) is 11.3. The van der Waals surface area contributed by atoms with E-state index >= 15 is 0 Å². The molecule has 0 radical (unpaired) electrons. The fraction of sp³-hybridized carbons (Fsp3) is 0.179. The first kappa shape index (κ1) is 29.9. The molecule has 3 aromatic heterocycles. The largest absolute Gasteiger partial charge is 0.497 e. The molecule has 47 heavy (non-hydrogen) atoms. The van der Waals surface area contributed by atoms with Crippen LogP contribution in [-0.2, 0) is 0 Å². The molecular weight excluding hydrogens is 588 g/mol. The van der Waals surface area contributed by atoms with Crippen molar-refractivity contribution in [3.63, 3.8) is 0 Å². The number of ether oxygens (including phenoxy) is 4. The van der Waals surface area contributed by atoms with Gasteiger partial charge in [-0.2, -0.15) is 5.10 Å². The van der Waals surface area contributed by atoms with Gasteiger partial charge >= 0.3 is 0 Å². The van der Waals surface area contributed by atoms with E-state index in [1.54, 1.807) is 13.3 Å². The van der Waals surface area contributed by atoms with Gasteiger partial charge < -0.3 is 18.9 Å². The number of aryl methyl sites for hydroxylation is 2. The quantitative estimate of drug-likeness (QED) is 0.151. The number of aromatic nitrogens is 4. The monoisotopic (exact) mass is 624 g/mol. The second kappa shape index (κ2) is 12.6. The first-order chi connectivity index (χ1) is 23.0. The molecular formula is C39H36N4O4. The normalized spacial score (nSPS) is 11.3. The molecule has 0 saturated carbocycles. The predicted octanol–water partition coefficient (Wildman–Crippen LogP) is 9.25. The molecule has 0 unspecified atom stereocenters. The lowest BCUT2D eigenvalue weighted by Gasteiger charge is -2.19. The van der Waals surface area contributed by atoms with Crippen molar-refractivity contribution < 1.29 is 18.9 Å². The van der Waals surface area contributed by atoms with E-state index in [1.807, 2.05) is 79.5 Å². The predicted molar refractivity (Wildman–Crippen MR) is 186 cm³/mol. The molecule has 0 N–H and O–H groups in total. The molecule has 0 bridgehead atoms. The van der Waals surface area contributed by atoms with Crippen LogP contribution in [0.25, 0.3) is 44.4 Å². The molecule has 0 atom stereocenters. The van der Waals surface area contributed by atoms with Gasteiger partial charge in [0.15, 0.2) is 0 Å². The highest BCUT2D eigenvalue weighted by Gasteiger charge is 2.21. The van der Waals surface area contributed by atoms with E-state index < -0.39 is 0 Å². The number of pyridine rings is 1. The summed E-state index contributed by atoms with van der Waals surface area (Å²) in [5.41, 5.74) is 6.86. The van der Waals surface area contributed by atoms with E-state index in [0.29, 0.717) is 24.7 Å². The zero-order valence-electron chi connectivity index (χ0n) is 27.2. The van der Waals surface area contributed by atoms with Gasteiger partial charge in [-0.15, -0.1) is 0 Å². The van der Waals surface area contributed by atoms with Crippen molar-refractivity contribution in [1.82, 2.24) is 19.3 Å². The lowest BCUT2D eigenvalue weighted by Crippen LogP contribution is -2.03. The Kier molecular flexibility index (Phi) is 8.00. The van der Waals surface area contributed by atoms with Crippen LogP contribution in [0.2, 0.25) is 0 Å². The zero-order chi connectivity index (χ0) is 32.5. The molecule has 0 spiro atoms. The van der Waals surface area contributed by atoms with Crippen LogP contribution in [0.3, 0.4) is 0 Å². The molecule has 0 fully saturated rings. The zero-order valence-corrected chi connectivity index (χ0v) is 27.2. The average Bonchev–Trinajstić information content (AvgIpc) is 3.70. The van der Waals surface area contributed by atoms with Crippen molar-refractivity contribution in [3.05, 3.63) is 115 Å². The number of para-hydroxylation sites is 1. The Balaban J connectivity index is 1.25. The Hall–Kier alpha value is -5.76. The average molecular weight is 625 g/mol. The minimum absolute atomic E-state index is 0.554. The Morgan fingerprint density at radius 1 is 0.702 bits per heavy atom. The number of hydrogen-bond acceptors (Lipinski definition) is 6. The van der Waals surface area contributed by atoms with E-state index in [4.69, 9.17) is 24.0 Å². The van der Waals surface area contributed by atoms with Crippen molar-refractivity contribution >= 4 is 21.8 Å². The van der Waals surface area contributed by atoms with Crippen LogP contribution in [0.1, 0.15) is 25.0 Å². The standard InChI is InChI=1S/C39H36N4O4/c1-6-45-38-25(3)19-26(4)39(46-7-2)37(38)27-23-41-42(24-27)28-11-10-12-30(20-28)47-31-15-16-33-32-13-8-9-14-34(32)43(35(33)21-31)36-22-29(44-5)17-18-40-36/h8-24H,6-7H2,1-5H3. The van der Waals surface area contributed by atoms with E-state index in [0.717, 1.165) is 72.8 Å². The molecule has 8 nitrogen and oxygen atoms in total. The van der Waals surface area contributed by atoms with E-state index in [-0.39, 0.29) is 0 Å². The first-order valence-corrected chi connectivity index (χ1v) is 15.8. The summed E-state index contributed by atoms with van der Waals surface area (Å²) in [5.74, 6) is 4.55. The van der Waals surface area contributed by atoms with E-state index in [1.165, 1.54) is 0 Å². The van der Waals surface area contributed by atoms with Crippen LogP contribution >= 0.6 is 0 Å². The maximum Gasteiger partial charge on any atom is 0.141 e. The summed E-state index contributed by atoms with van der Waals surface area (Å²) < 4.78 is 28.2. The van der Waals surface area contributed by atoms with Crippen LogP contribution in [-0.4, -0.2) is 39.7 Å². The summed E-state index contributed by atoms with van der Waals surface area (Å²) in [6.07, 6.45) is 5.62. The smallest absolute Gasteiger partial charge is 0.141 e. The minimum Gasteiger partial charge on any atom is -0.497 e. The van der Waals surface area contributed by atoms with E-state index in [9.17, 15) is 0 Å². The summed E-state index contributed by atoms with van der Waals surface area (Å²) >= 11 is 0. The maximum atomic E-state index is 6.47. The van der Waals surface area contributed by atoms with Crippen molar-refractivity contribution in [2.75, 3.05) is 20.3 Å². The third-order valence-corrected chi connectivity index (χ3v) is 8.20. The molecule has 7 rings (SSSR count).